The maximum atomic E-state index is 12.8. The van der Waals surface area contributed by atoms with Crippen LogP contribution in [0.1, 0.15) is 30.0 Å². The Kier molecular flexibility index (Phi) is 5.16. The van der Waals surface area contributed by atoms with Crippen LogP contribution in [-0.2, 0) is 19.3 Å². The summed E-state index contributed by atoms with van der Waals surface area (Å²) in [5.74, 6) is 1.13. The highest BCUT2D eigenvalue weighted by molar-refractivity contribution is 5.77. The fourth-order valence-corrected chi connectivity index (χ4v) is 3.79. The predicted octanol–water partition coefficient (Wildman–Crippen LogP) is 3.62. The van der Waals surface area contributed by atoms with Crippen LogP contribution < -0.4 is 5.56 Å². The van der Waals surface area contributed by atoms with Gasteiger partial charge >= 0.3 is 6.18 Å². The van der Waals surface area contributed by atoms with Crippen molar-refractivity contribution in [3.63, 3.8) is 0 Å². The van der Waals surface area contributed by atoms with Crippen LogP contribution in [-0.4, -0.2) is 32.7 Å². The summed E-state index contributed by atoms with van der Waals surface area (Å²) in [5, 5.41) is 4.23. The summed E-state index contributed by atoms with van der Waals surface area (Å²) in [4.78, 5) is 18.6. The number of hydrogen-bond donors (Lipinski definition) is 0. The molecule has 0 bridgehead atoms. The highest BCUT2D eigenvalue weighted by Gasteiger charge is 2.32. The van der Waals surface area contributed by atoms with Gasteiger partial charge in [0.05, 0.1) is 16.6 Å². The summed E-state index contributed by atoms with van der Waals surface area (Å²) >= 11 is 0. The minimum atomic E-state index is -4.53. The fraction of sp³-hybridized carbons (Fsp3) is 0.450. The number of aromatic nitrogens is 3. The number of nitrogens with zero attached hydrogens (tertiary/aromatic N) is 4. The van der Waals surface area contributed by atoms with Gasteiger partial charge in [0, 0.05) is 25.4 Å². The Hall–Kier alpha value is -2.68. The molecule has 4 heterocycles. The lowest BCUT2D eigenvalue weighted by Gasteiger charge is -2.31. The van der Waals surface area contributed by atoms with Crippen molar-refractivity contribution in [3.8, 4) is 0 Å². The van der Waals surface area contributed by atoms with Crippen molar-refractivity contribution in [3.05, 3.63) is 58.0 Å². The number of rotatable bonds is 4. The molecule has 1 fully saturated rings. The lowest BCUT2D eigenvalue weighted by Crippen LogP contribution is -2.36. The summed E-state index contributed by atoms with van der Waals surface area (Å²) in [6, 6.07) is 5.48. The standard InChI is InChI=1S/C20H21F3N4O2/c1-13-10-15(25-29-13)12-26-7-4-14(5-8-26)11-27-9-6-17-16(19(27)28)2-3-18(24-17)20(21,22)23/h2-3,6,9-10,14H,4-5,7-8,11-12H2,1H3. The van der Waals surface area contributed by atoms with Gasteiger partial charge in [0.15, 0.2) is 0 Å². The summed E-state index contributed by atoms with van der Waals surface area (Å²) < 4.78 is 45.1. The lowest BCUT2D eigenvalue weighted by atomic mass is 9.96. The Morgan fingerprint density at radius 2 is 1.97 bits per heavy atom. The number of piperidine rings is 1. The molecule has 0 amide bonds. The van der Waals surface area contributed by atoms with Gasteiger partial charge in [0.25, 0.3) is 5.56 Å². The molecule has 29 heavy (non-hydrogen) atoms. The third kappa shape index (κ3) is 4.34. The van der Waals surface area contributed by atoms with E-state index in [0.29, 0.717) is 12.5 Å². The molecule has 1 aliphatic rings. The monoisotopic (exact) mass is 406 g/mol. The number of aryl methyl sites for hydroxylation is 1. The molecule has 0 N–H and O–H groups in total. The second kappa shape index (κ2) is 7.62. The van der Waals surface area contributed by atoms with E-state index in [-0.39, 0.29) is 16.5 Å². The Balaban J connectivity index is 1.42. The molecule has 0 atom stereocenters. The van der Waals surface area contributed by atoms with Crippen LogP contribution in [0.4, 0.5) is 13.2 Å². The first-order valence-electron chi connectivity index (χ1n) is 9.51. The highest BCUT2D eigenvalue weighted by atomic mass is 19.4. The first-order valence-corrected chi connectivity index (χ1v) is 9.51. The maximum Gasteiger partial charge on any atom is 0.433 e. The van der Waals surface area contributed by atoms with E-state index in [0.717, 1.165) is 50.0 Å². The van der Waals surface area contributed by atoms with Crippen LogP contribution in [0.5, 0.6) is 0 Å². The lowest BCUT2D eigenvalue weighted by molar-refractivity contribution is -0.140. The van der Waals surface area contributed by atoms with Gasteiger partial charge < -0.3 is 9.09 Å². The van der Waals surface area contributed by atoms with Crippen LogP contribution >= 0.6 is 0 Å². The van der Waals surface area contributed by atoms with Crippen LogP contribution in [0.25, 0.3) is 10.9 Å². The van der Waals surface area contributed by atoms with E-state index in [1.54, 1.807) is 10.8 Å². The van der Waals surface area contributed by atoms with Crippen molar-refractivity contribution in [2.24, 2.45) is 5.92 Å². The van der Waals surface area contributed by atoms with Gasteiger partial charge in [0.1, 0.15) is 11.5 Å². The van der Waals surface area contributed by atoms with Crippen LogP contribution in [0.3, 0.4) is 0 Å². The Morgan fingerprint density at radius 3 is 2.62 bits per heavy atom. The Labute approximate surface area is 164 Å². The van der Waals surface area contributed by atoms with E-state index in [9.17, 15) is 18.0 Å². The average molecular weight is 406 g/mol. The van der Waals surface area contributed by atoms with Gasteiger partial charge in [-0.05, 0) is 57.0 Å². The molecule has 0 radical (unpaired) electrons. The molecule has 0 unspecified atom stereocenters. The molecule has 3 aromatic rings. The molecule has 0 spiro atoms. The van der Waals surface area contributed by atoms with Crippen LogP contribution in [0, 0.1) is 12.8 Å². The topological polar surface area (TPSA) is 64.2 Å². The fourth-order valence-electron chi connectivity index (χ4n) is 3.79. The van der Waals surface area contributed by atoms with Crippen molar-refractivity contribution >= 4 is 10.9 Å². The van der Waals surface area contributed by atoms with E-state index in [2.05, 4.69) is 15.0 Å². The number of hydrogen-bond acceptors (Lipinski definition) is 5. The van der Waals surface area contributed by atoms with Gasteiger partial charge in [-0.15, -0.1) is 0 Å². The zero-order valence-corrected chi connectivity index (χ0v) is 15.9. The van der Waals surface area contributed by atoms with Crippen molar-refractivity contribution in [2.45, 2.75) is 39.0 Å². The zero-order chi connectivity index (χ0) is 20.6. The van der Waals surface area contributed by atoms with Crippen molar-refractivity contribution in [2.75, 3.05) is 13.1 Å². The zero-order valence-electron chi connectivity index (χ0n) is 15.9. The molecule has 4 rings (SSSR count). The van der Waals surface area contributed by atoms with Gasteiger partial charge in [-0.1, -0.05) is 5.16 Å². The highest BCUT2D eigenvalue weighted by Crippen LogP contribution is 2.28. The van der Waals surface area contributed by atoms with Gasteiger partial charge in [-0.3, -0.25) is 9.69 Å². The minimum absolute atomic E-state index is 0.0683. The molecular formula is C20H21F3N4O2. The smallest absolute Gasteiger partial charge is 0.361 e. The molecular weight excluding hydrogens is 385 g/mol. The minimum Gasteiger partial charge on any atom is -0.361 e. The van der Waals surface area contributed by atoms with Gasteiger partial charge in [-0.25, -0.2) is 4.98 Å². The molecule has 154 valence electrons. The molecule has 6 nitrogen and oxygen atoms in total. The average Bonchev–Trinajstić information content (AvgIpc) is 3.09. The number of pyridine rings is 2. The summed E-state index contributed by atoms with van der Waals surface area (Å²) in [6.07, 6.45) is -1.11. The molecule has 3 aromatic heterocycles. The SMILES string of the molecule is Cc1cc(CN2CCC(Cn3ccc4nc(C(F)(F)F)ccc4c3=O)CC2)no1. The number of likely N-dealkylation sites (tertiary alicyclic amines) is 1. The van der Waals surface area contributed by atoms with E-state index in [4.69, 9.17) is 4.52 Å². The summed E-state index contributed by atoms with van der Waals surface area (Å²) in [5.41, 5.74) is -0.308. The normalized spacial score (nSPS) is 16.6. The largest absolute Gasteiger partial charge is 0.433 e. The first-order chi connectivity index (χ1) is 13.8. The van der Waals surface area contributed by atoms with Crippen LogP contribution in [0.15, 0.2) is 39.8 Å². The second-order valence-electron chi connectivity index (χ2n) is 7.55. The first kappa shape index (κ1) is 19.6. The molecule has 9 heteroatoms. The van der Waals surface area contributed by atoms with E-state index in [1.807, 2.05) is 13.0 Å². The Morgan fingerprint density at radius 1 is 1.21 bits per heavy atom. The predicted molar refractivity (Wildman–Crippen MR) is 100 cm³/mol. The number of halogens is 3. The summed E-state index contributed by atoms with van der Waals surface area (Å²) in [6.45, 7) is 4.95. The summed E-state index contributed by atoms with van der Waals surface area (Å²) in [7, 11) is 0. The molecule has 0 aromatic carbocycles. The Bertz CT molecular complexity index is 1070. The third-order valence-electron chi connectivity index (χ3n) is 5.34. The van der Waals surface area contributed by atoms with Gasteiger partial charge in [0.2, 0.25) is 0 Å². The van der Waals surface area contributed by atoms with Crippen molar-refractivity contribution in [1.82, 2.24) is 19.6 Å². The van der Waals surface area contributed by atoms with E-state index >= 15 is 0 Å². The molecule has 0 aliphatic carbocycles. The number of fused-ring (bicyclic) bond motifs is 1. The molecule has 1 aliphatic heterocycles. The van der Waals surface area contributed by atoms with E-state index < -0.39 is 11.9 Å². The van der Waals surface area contributed by atoms with Crippen molar-refractivity contribution < 1.29 is 17.7 Å². The molecule has 0 saturated carbocycles. The second-order valence-corrected chi connectivity index (χ2v) is 7.55. The maximum absolute atomic E-state index is 12.8. The van der Waals surface area contributed by atoms with Gasteiger partial charge in [-0.2, -0.15) is 13.2 Å². The number of alkyl halides is 3. The van der Waals surface area contributed by atoms with Crippen LogP contribution in [0.2, 0.25) is 0 Å². The molecule has 1 saturated heterocycles. The van der Waals surface area contributed by atoms with Crippen molar-refractivity contribution in [1.29, 1.82) is 0 Å². The van der Waals surface area contributed by atoms with E-state index in [1.165, 1.54) is 12.1 Å². The quantitative estimate of drug-likeness (QED) is 0.662. The third-order valence-corrected chi connectivity index (χ3v) is 5.34.